The summed E-state index contributed by atoms with van der Waals surface area (Å²) in [4.78, 5) is 24.3. The quantitative estimate of drug-likeness (QED) is 0.465. The van der Waals surface area contributed by atoms with Crippen molar-refractivity contribution >= 4 is 5.91 Å². The molecule has 5 rings (SSSR count). The number of amides is 1. The fourth-order valence-electron chi connectivity index (χ4n) is 6.40. The number of carbonyl (C=O) groups excluding carboxylic acids is 1. The number of carbonyl (C=O) groups is 1. The number of rotatable bonds is 9. The van der Waals surface area contributed by atoms with Gasteiger partial charge in [0.25, 0.3) is 5.91 Å². The molecule has 8 nitrogen and oxygen atoms in total. The van der Waals surface area contributed by atoms with E-state index < -0.39 is 6.67 Å². The van der Waals surface area contributed by atoms with Crippen LogP contribution in [0.15, 0.2) is 24.3 Å². The maximum Gasteiger partial charge on any atom is 0.272 e. The average Bonchev–Trinajstić information content (AvgIpc) is 3.01. The Balaban J connectivity index is 1.19. The fourth-order valence-corrected chi connectivity index (χ4v) is 6.40. The molecule has 0 unspecified atom stereocenters. The largest absolute Gasteiger partial charge is 0.379 e. The second kappa shape index (κ2) is 14.1. The Morgan fingerprint density at radius 3 is 2.61 bits per heavy atom. The van der Waals surface area contributed by atoms with Crippen LogP contribution in [0.3, 0.4) is 0 Å². The minimum Gasteiger partial charge on any atom is -0.379 e. The van der Waals surface area contributed by atoms with Crippen molar-refractivity contribution in [3.8, 4) is 0 Å². The predicted molar refractivity (Wildman–Crippen MR) is 155 cm³/mol. The molecule has 3 aliphatic rings. The van der Waals surface area contributed by atoms with Crippen LogP contribution in [-0.4, -0.2) is 78.5 Å². The number of aromatic nitrogens is 2. The van der Waals surface area contributed by atoms with Crippen LogP contribution >= 0.6 is 0 Å². The van der Waals surface area contributed by atoms with Crippen molar-refractivity contribution in [1.29, 1.82) is 0 Å². The Labute approximate surface area is 243 Å². The third kappa shape index (κ3) is 7.49. The van der Waals surface area contributed by atoms with Gasteiger partial charge in [0.2, 0.25) is 0 Å². The van der Waals surface area contributed by atoms with Gasteiger partial charge in [0, 0.05) is 50.1 Å². The van der Waals surface area contributed by atoms with Crippen LogP contribution in [0.1, 0.15) is 89.7 Å². The van der Waals surface area contributed by atoms with E-state index in [-0.39, 0.29) is 36.1 Å². The Bertz CT molecular complexity index is 1160. The molecule has 3 saturated heterocycles. The summed E-state index contributed by atoms with van der Waals surface area (Å²) in [5.74, 6) is -0.0498. The lowest BCUT2D eigenvalue weighted by Crippen LogP contribution is -2.54. The lowest BCUT2D eigenvalue weighted by atomic mass is 9.95. The molecule has 4 heterocycles. The normalized spacial score (nSPS) is 25.8. The molecule has 0 spiro atoms. The van der Waals surface area contributed by atoms with Crippen LogP contribution in [0.2, 0.25) is 0 Å². The maximum absolute atomic E-state index is 13.8. The number of halogens is 1. The first-order valence-electron chi connectivity index (χ1n) is 15.3. The topological polar surface area (TPSA) is 85.8 Å². The highest BCUT2D eigenvalue weighted by molar-refractivity contribution is 5.94. The van der Waals surface area contributed by atoms with Crippen molar-refractivity contribution in [2.75, 3.05) is 33.4 Å². The summed E-state index contributed by atoms with van der Waals surface area (Å²) in [6.07, 6.45) is 7.43. The number of hydrogen-bond donors (Lipinski definition) is 1. The van der Waals surface area contributed by atoms with Crippen molar-refractivity contribution < 1.29 is 23.4 Å². The Hall–Kier alpha value is -2.46. The highest BCUT2D eigenvalue weighted by Gasteiger charge is 2.32. The minimum absolute atomic E-state index is 0.0529. The minimum atomic E-state index is -0.791. The summed E-state index contributed by atoms with van der Waals surface area (Å²) in [7, 11) is 1.73. The number of benzene rings is 1. The van der Waals surface area contributed by atoms with Crippen molar-refractivity contribution in [2.24, 2.45) is 0 Å². The van der Waals surface area contributed by atoms with Gasteiger partial charge in [0.1, 0.15) is 12.4 Å². The Kier molecular flexibility index (Phi) is 10.3. The molecular formula is C32H45FN4O4. The van der Waals surface area contributed by atoms with Crippen LogP contribution in [0.4, 0.5) is 4.39 Å². The zero-order valence-electron chi connectivity index (χ0n) is 24.7. The molecule has 0 saturated carbocycles. The SMILES string of the molecule is CO[C@H]1COCC[C@H]1NC1CCN(C(=O)c2nc(CF)nc(CC[C@H]3CCC[C@@H](c4ccc(C)cc4)O3)c2C)CC1. The van der Waals surface area contributed by atoms with Gasteiger partial charge in [-0.25, -0.2) is 14.4 Å². The summed E-state index contributed by atoms with van der Waals surface area (Å²) < 4.78 is 31.4. The summed E-state index contributed by atoms with van der Waals surface area (Å²) in [6, 6.07) is 9.16. The monoisotopic (exact) mass is 568 g/mol. The Morgan fingerprint density at radius 1 is 1.10 bits per heavy atom. The lowest BCUT2D eigenvalue weighted by molar-refractivity contribution is -0.0547. The fraction of sp³-hybridized carbons (Fsp3) is 0.656. The standard InChI is InChI=1S/C32H45FN4O4/c1-21-7-9-23(10-8-21)28-6-4-5-25(41-28)11-12-26-22(2)31(36-30(19-33)35-26)32(38)37-16-13-24(14-17-37)34-27-15-18-40-20-29(27)39-3/h7-10,24-25,27-29,34H,4-6,11-20H2,1-3H3/t25-,27-,28+,29+/m1/s1. The molecular weight excluding hydrogens is 523 g/mol. The summed E-state index contributed by atoms with van der Waals surface area (Å²) in [5, 5.41) is 3.73. The van der Waals surface area contributed by atoms with E-state index >= 15 is 0 Å². The van der Waals surface area contributed by atoms with Crippen molar-refractivity contribution in [3.63, 3.8) is 0 Å². The van der Waals surface area contributed by atoms with E-state index in [1.54, 1.807) is 7.11 Å². The van der Waals surface area contributed by atoms with Gasteiger partial charge >= 0.3 is 0 Å². The van der Waals surface area contributed by atoms with Gasteiger partial charge in [0.15, 0.2) is 5.82 Å². The van der Waals surface area contributed by atoms with E-state index in [0.717, 1.165) is 62.8 Å². The van der Waals surface area contributed by atoms with Gasteiger partial charge in [0.05, 0.1) is 24.9 Å². The maximum atomic E-state index is 13.8. The molecule has 2 aromatic rings. The smallest absolute Gasteiger partial charge is 0.272 e. The first kappa shape index (κ1) is 30.0. The summed E-state index contributed by atoms with van der Waals surface area (Å²) >= 11 is 0. The van der Waals surface area contributed by atoms with Crippen LogP contribution in [0.5, 0.6) is 0 Å². The van der Waals surface area contributed by atoms with E-state index in [2.05, 4.69) is 46.5 Å². The molecule has 0 aliphatic carbocycles. The molecule has 3 aliphatic heterocycles. The molecule has 1 aromatic carbocycles. The molecule has 0 radical (unpaired) electrons. The van der Waals surface area contributed by atoms with Crippen molar-refractivity contribution in [3.05, 3.63) is 58.2 Å². The number of alkyl halides is 1. The second-order valence-corrected chi connectivity index (χ2v) is 11.8. The van der Waals surface area contributed by atoms with E-state index in [4.69, 9.17) is 14.2 Å². The van der Waals surface area contributed by atoms with Crippen LogP contribution in [0.25, 0.3) is 0 Å². The van der Waals surface area contributed by atoms with Gasteiger partial charge in [-0.1, -0.05) is 29.8 Å². The third-order valence-corrected chi connectivity index (χ3v) is 8.96. The van der Waals surface area contributed by atoms with Crippen molar-refractivity contribution in [2.45, 2.75) is 102 Å². The predicted octanol–water partition coefficient (Wildman–Crippen LogP) is 4.80. The number of nitrogens with one attached hydrogen (secondary N) is 1. The highest BCUT2D eigenvalue weighted by atomic mass is 19.1. The van der Waals surface area contributed by atoms with E-state index in [9.17, 15) is 9.18 Å². The number of likely N-dealkylation sites (tertiary alicyclic amines) is 1. The zero-order valence-corrected chi connectivity index (χ0v) is 24.7. The van der Waals surface area contributed by atoms with Gasteiger partial charge in [-0.3, -0.25) is 4.79 Å². The number of nitrogens with zero attached hydrogens (tertiary/aromatic N) is 3. The molecule has 0 bridgehead atoms. The van der Waals surface area contributed by atoms with Crippen molar-refractivity contribution in [1.82, 2.24) is 20.2 Å². The first-order valence-corrected chi connectivity index (χ1v) is 15.3. The highest BCUT2D eigenvalue weighted by Crippen LogP contribution is 2.33. The van der Waals surface area contributed by atoms with Gasteiger partial charge < -0.3 is 24.4 Å². The molecule has 1 amide bonds. The van der Waals surface area contributed by atoms with E-state index in [0.29, 0.717) is 37.9 Å². The molecule has 3 fully saturated rings. The number of ether oxygens (including phenoxy) is 3. The Morgan fingerprint density at radius 2 is 1.88 bits per heavy atom. The van der Waals surface area contributed by atoms with Gasteiger partial charge in [-0.15, -0.1) is 0 Å². The summed E-state index contributed by atoms with van der Waals surface area (Å²) in [5.41, 5.74) is 4.30. The number of methoxy groups -OCH3 is 1. The third-order valence-electron chi connectivity index (χ3n) is 8.96. The number of hydrogen-bond acceptors (Lipinski definition) is 7. The van der Waals surface area contributed by atoms with Crippen LogP contribution in [0, 0.1) is 13.8 Å². The molecule has 4 atom stereocenters. The molecule has 9 heteroatoms. The van der Waals surface area contributed by atoms with Gasteiger partial charge in [-0.2, -0.15) is 0 Å². The lowest BCUT2D eigenvalue weighted by Gasteiger charge is -2.38. The number of piperidine rings is 1. The molecule has 1 N–H and O–H groups in total. The zero-order chi connectivity index (χ0) is 28.8. The van der Waals surface area contributed by atoms with Crippen LogP contribution < -0.4 is 5.32 Å². The first-order chi connectivity index (χ1) is 19.9. The van der Waals surface area contributed by atoms with E-state index in [1.807, 2.05) is 11.8 Å². The van der Waals surface area contributed by atoms with Crippen LogP contribution in [-0.2, 0) is 27.3 Å². The van der Waals surface area contributed by atoms with E-state index in [1.165, 1.54) is 11.1 Å². The number of aryl methyl sites for hydroxylation is 2. The second-order valence-electron chi connectivity index (χ2n) is 11.8. The molecule has 224 valence electrons. The van der Waals surface area contributed by atoms with Gasteiger partial charge in [-0.05, 0) is 70.8 Å². The molecule has 1 aromatic heterocycles. The summed E-state index contributed by atoms with van der Waals surface area (Å²) in [6.45, 7) is 5.81. The molecule has 41 heavy (non-hydrogen) atoms. The average molecular weight is 569 g/mol.